The second-order valence-corrected chi connectivity index (χ2v) is 7.24. The molecule has 2 fully saturated rings. The molecule has 2 aliphatic rings. The number of hydrogen-bond donors (Lipinski definition) is 1. The highest BCUT2D eigenvalue weighted by Crippen LogP contribution is 2.28. The predicted octanol–water partition coefficient (Wildman–Crippen LogP) is 2.38. The lowest BCUT2D eigenvalue weighted by Crippen LogP contribution is -2.38. The molecule has 2 aromatic heterocycles. The Balaban J connectivity index is 1.71. The predicted molar refractivity (Wildman–Crippen MR) is 92.6 cm³/mol. The zero-order chi connectivity index (χ0) is 15.8. The van der Waals surface area contributed by atoms with Gasteiger partial charge in [0.2, 0.25) is 0 Å². The molecule has 5 nitrogen and oxygen atoms in total. The number of rotatable bonds is 4. The molecular formula is C18H27N5. The van der Waals surface area contributed by atoms with Crippen molar-refractivity contribution in [2.75, 3.05) is 19.6 Å². The van der Waals surface area contributed by atoms with Crippen LogP contribution in [0.15, 0.2) is 18.3 Å². The van der Waals surface area contributed by atoms with Crippen molar-refractivity contribution < 1.29 is 0 Å². The van der Waals surface area contributed by atoms with Gasteiger partial charge in [0.25, 0.3) is 0 Å². The van der Waals surface area contributed by atoms with Crippen LogP contribution in [-0.4, -0.2) is 51.2 Å². The first-order chi connectivity index (χ1) is 11.2. The summed E-state index contributed by atoms with van der Waals surface area (Å²) in [5.41, 5.74) is 2.11. The quantitative estimate of drug-likeness (QED) is 0.941. The monoisotopic (exact) mass is 313 g/mol. The standard InChI is InChI=1S/C18H27N5/c1-13(2)22-10-4-5-15(22)12-23-17(14-7-9-19-11-14)21-16-6-3-8-20-18(16)23/h3,6,8,13-15,19H,4-5,7,9-12H2,1-2H3. The highest BCUT2D eigenvalue weighted by atomic mass is 15.2. The highest BCUT2D eigenvalue weighted by molar-refractivity contribution is 5.71. The third-order valence-electron chi connectivity index (χ3n) is 5.44. The van der Waals surface area contributed by atoms with Gasteiger partial charge in [0.05, 0.1) is 0 Å². The van der Waals surface area contributed by atoms with Crippen LogP contribution in [0.1, 0.15) is 44.9 Å². The third-order valence-corrected chi connectivity index (χ3v) is 5.44. The van der Waals surface area contributed by atoms with Crippen LogP contribution in [0.25, 0.3) is 11.2 Å². The van der Waals surface area contributed by atoms with Crippen molar-refractivity contribution >= 4 is 11.2 Å². The summed E-state index contributed by atoms with van der Waals surface area (Å²) in [6, 6.07) is 5.32. The number of hydrogen-bond acceptors (Lipinski definition) is 4. The van der Waals surface area contributed by atoms with Gasteiger partial charge in [-0.15, -0.1) is 0 Å². The summed E-state index contributed by atoms with van der Waals surface area (Å²) < 4.78 is 2.42. The molecule has 0 bridgehead atoms. The Bertz CT molecular complexity index is 671. The van der Waals surface area contributed by atoms with Crippen molar-refractivity contribution in [1.29, 1.82) is 0 Å². The zero-order valence-electron chi connectivity index (χ0n) is 14.2. The maximum Gasteiger partial charge on any atom is 0.160 e. The smallest absolute Gasteiger partial charge is 0.160 e. The van der Waals surface area contributed by atoms with Crippen molar-refractivity contribution in [3.8, 4) is 0 Å². The molecule has 0 amide bonds. The molecule has 0 aliphatic carbocycles. The first-order valence-electron chi connectivity index (χ1n) is 9.01. The van der Waals surface area contributed by atoms with Gasteiger partial charge < -0.3 is 9.88 Å². The average Bonchev–Trinajstić information content (AvgIpc) is 3.27. The number of nitrogens with zero attached hydrogens (tertiary/aromatic N) is 4. The van der Waals surface area contributed by atoms with Crippen LogP contribution < -0.4 is 5.32 Å². The molecule has 0 aromatic carbocycles. The van der Waals surface area contributed by atoms with Crippen molar-refractivity contribution in [1.82, 2.24) is 24.8 Å². The molecule has 4 rings (SSSR count). The lowest BCUT2D eigenvalue weighted by Gasteiger charge is -2.29. The van der Waals surface area contributed by atoms with Crippen molar-refractivity contribution in [3.63, 3.8) is 0 Å². The Labute approximate surface area is 138 Å². The average molecular weight is 313 g/mol. The van der Waals surface area contributed by atoms with E-state index in [1.165, 1.54) is 31.6 Å². The van der Waals surface area contributed by atoms with Gasteiger partial charge in [-0.25, -0.2) is 9.97 Å². The van der Waals surface area contributed by atoms with E-state index in [4.69, 9.17) is 4.98 Å². The van der Waals surface area contributed by atoms with Crippen LogP contribution in [0, 0.1) is 0 Å². The molecule has 2 atom stereocenters. The van der Waals surface area contributed by atoms with Crippen LogP contribution in [0.3, 0.4) is 0 Å². The van der Waals surface area contributed by atoms with Crippen molar-refractivity contribution in [3.05, 3.63) is 24.2 Å². The summed E-state index contributed by atoms with van der Waals surface area (Å²) in [5.74, 6) is 1.76. The molecule has 4 heterocycles. The number of fused-ring (bicyclic) bond motifs is 1. The van der Waals surface area contributed by atoms with Gasteiger partial charge in [0.15, 0.2) is 5.65 Å². The van der Waals surface area contributed by atoms with Gasteiger partial charge in [-0.3, -0.25) is 4.90 Å². The zero-order valence-corrected chi connectivity index (χ0v) is 14.2. The molecule has 2 aromatic rings. The molecule has 124 valence electrons. The Morgan fingerprint density at radius 1 is 1.35 bits per heavy atom. The normalized spacial score (nSPS) is 25.9. The van der Waals surface area contributed by atoms with E-state index in [2.05, 4.69) is 39.7 Å². The highest BCUT2D eigenvalue weighted by Gasteiger charge is 2.30. The van der Waals surface area contributed by atoms with Gasteiger partial charge in [-0.05, 0) is 58.3 Å². The van der Waals surface area contributed by atoms with Gasteiger partial charge in [-0.2, -0.15) is 0 Å². The fraction of sp³-hybridized carbons (Fsp3) is 0.667. The number of nitrogens with one attached hydrogen (secondary N) is 1. The van der Waals surface area contributed by atoms with Gasteiger partial charge in [0, 0.05) is 37.3 Å². The molecule has 0 saturated carbocycles. The topological polar surface area (TPSA) is 46.0 Å². The Morgan fingerprint density at radius 3 is 3.04 bits per heavy atom. The van der Waals surface area contributed by atoms with E-state index in [0.29, 0.717) is 18.0 Å². The van der Waals surface area contributed by atoms with Crippen LogP contribution in [-0.2, 0) is 6.54 Å². The maximum atomic E-state index is 4.95. The summed E-state index contributed by atoms with van der Waals surface area (Å²) in [4.78, 5) is 12.2. The number of pyridine rings is 1. The number of aromatic nitrogens is 3. The minimum absolute atomic E-state index is 0.526. The molecule has 2 saturated heterocycles. The van der Waals surface area contributed by atoms with Crippen LogP contribution in [0.4, 0.5) is 0 Å². The Hall–Kier alpha value is -1.46. The van der Waals surface area contributed by atoms with E-state index in [-0.39, 0.29) is 0 Å². The van der Waals surface area contributed by atoms with E-state index in [1.54, 1.807) is 0 Å². The molecular weight excluding hydrogens is 286 g/mol. The van der Waals surface area contributed by atoms with E-state index in [0.717, 1.165) is 30.8 Å². The molecule has 2 unspecified atom stereocenters. The van der Waals surface area contributed by atoms with Gasteiger partial charge in [-0.1, -0.05) is 0 Å². The largest absolute Gasteiger partial charge is 0.316 e. The summed E-state index contributed by atoms with van der Waals surface area (Å²) in [6.45, 7) is 9.01. The lowest BCUT2D eigenvalue weighted by molar-refractivity contribution is 0.187. The molecule has 5 heteroatoms. The van der Waals surface area contributed by atoms with Crippen molar-refractivity contribution in [2.45, 2.75) is 57.7 Å². The summed E-state index contributed by atoms with van der Waals surface area (Å²) >= 11 is 0. The number of likely N-dealkylation sites (tertiary alicyclic amines) is 1. The first-order valence-corrected chi connectivity index (χ1v) is 9.01. The molecule has 0 radical (unpaired) electrons. The summed E-state index contributed by atoms with van der Waals surface area (Å²) in [6.07, 6.45) is 5.67. The van der Waals surface area contributed by atoms with Crippen LogP contribution in [0.2, 0.25) is 0 Å². The first kappa shape index (κ1) is 15.1. The Morgan fingerprint density at radius 2 is 2.26 bits per heavy atom. The maximum absolute atomic E-state index is 4.95. The van der Waals surface area contributed by atoms with E-state index in [9.17, 15) is 0 Å². The van der Waals surface area contributed by atoms with E-state index < -0.39 is 0 Å². The fourth-order valence-corrected chi connectivity index (χ4v) is 4.29. The molecule has 1 N–H and O–H groups in total. The van der Waals surface area contributed by atoms with E-state index in [1.807, 2.05) is 12.3 Å². The van der Waals surface area contributed by atoms with Crippen LogP contribution in [0.5, 0.6) is 0 Å². The summed E-state index contributed by atoms with van der Waals surface area (Å²) in [5, 5.41) is 3.48. The van der Waals surface area contributed by atoms with Crippen LogP contribution >= 0.6 is 0 Å². The molecule has 23 heavy (non-hydrogen) atoms. The fourth-order valence-electron chi connectivity index (χ4n) is 4.29. The third kappa shape index (κ3) is 2.76. The second kappa shape index (κ2) is 6.21. The van der Waals surface area contributed by atoms with Crippen molar-refractivity contribution in [2.24, 2.45) is 0 Å². The summed E-state index contributed by atoms with van der Waals surface area (Å²) in [7, 11) is 0. The minimum Gasteiger partial charge on any atom is -0.316 e. The van der Waals surface area contributed by atoms with Gasteiger partial charge >= 0.3 is 0 Å². The van der Waals surface area contributed by atoms with Gasteiger partial charge in [0.1, 0.15) is 11.3 Å². The number of imidazole rings is 1. The molecule has 2 aliphatic heterocycles. The Kier molecular flexibility index (Phi) is 4.07. The lowest BCUT2D eigenvalue weighted by atomic mass is 10.1. The minimum atomic E-state index is 0.526. The SMILES string of the molecule is CC(C)N1CCCC1Cn1c(C2CCNC2)nc2cccnc21. The van der Waals surface area contributed by atoms with E-state index >= 15 is 0 Å². The molecule has 0 spiro atoms. The second-order valence-electron chi connectivity index (χ2n) is 7.24.